The van der Waals surface area contributed by atoms with Crippen LogP contribution in [0.15, 0.2) is 18.2 Å². The number of nitrogens with zero attached hydrogens (tertiary/aromatic N) is 3. The number of aryl methyl sites for hydroxylation is 2. The van der Waals surface area contributed by atoms with E-state index in [1.807, 2.05) is 18.5 Å². The molecule has 2 saturated heterocycles. The van der Waals surface area contributed by atoms with Crippen LogP contribution in [0.3, 0.4) is 0 Å². The number of hydrogen-bond donors (Lipinski definition) is 1. The van der Waals surface area contributed by atoms with E-state index in [2.05, 4.69) is 10.2 Å². The smallest absolute Gasteiger partial charge is 0.270 e. The van der Waals surface area contributed by atoms with Crippen LogP contribution < -0.4 is 5.32 Å². The molecule has 0 radical (unpaired) electrons. The standard InChI is InChI=1S/C18H21FN4O2/c1-11-13-9-12(19)3-4-14(13)21(2)16(11)18(25)23-8-7-22-6-5-20-17(24)15(22)10-23/h3-4,9,15H,5-8,10H2,1-2H3,(H,20,24). The van der Waals surface area contributed by atoms with E-state index in [0.29, 0.717) is 31.9 Å². The van der Waals surface area contributed by atoms with Gasteiger partial charge in [-0.25, -0.2) is 4.39 Å². The predicted octanol–water partition coefficient (Wildman–Crippen LogP) is 0.882. The minimum absolute atomic E-state index is 0.0143. The summed E-state index contributed by atoms with van der Waals surface area (Å²) in [6.45, 7) is 5.01. The second kappa shape index (κ2) is 5.84. The maximum absolute atomic E-state index is 13.6. The van der Waals surface area contributed by atoms with Gasteiger partial charge in [-0.05, 0) is 30.7 Å². The molecule has 132 valence electrons. The Morgan fingerprint density at radius 2 is 2.08 bits per heavy atom. The molecule has 0 saturated carbocycles. The molecule has 2 aliphatic rings. The molecule has 2 aliphatic heterocycles. The second-order valence-electron chi connectivity index (χ2n) is 6.79. The van der Waals surface area contributed by atoms with E-state index in [1.165, 1.54) is 12.1 Å². The summed E-state index contributed by atoms with van der Waals surface area (Å²) >= 11 is 0. The predicted molar refractivity (Wildman–Crippen MR) is 91.9 cm³/mol. The van der Waals surface area contributed by atoms with Gasteiger partial charge in [0, 0.05) is 50.7 Å². The van der Waals surface area contributed by atoms with Crippen molar-refractivity contribution in [2.75, 3.05) is 32.7 Å². The van der Waals surface area contributed by atoms with Gasteiger partial charge in [0.25, 0.3) is 5.91 Å². The highest BCUT2D eigenvalue weighted by Crippen LogP contribution is 2.27. The Hall–Kier alpha value is -2.41. The minimum atomic E-state index is -0.312. The lowest BCUT2D eigenvalue weighted by atomic mass is 10.1. The largest absolute Gasteiger partial charge is 0.353 e. The van der Waals surface area contributed by atoms with Crippen LogP contribution in [-0.4, -0.2) is 64.9 Å². The third-order valence-corrected chi connectivity index (χ3v) is 5.40. The Morgan fingerprint density at radius 1 is 1.28 bits per heavy atom. The molecule has 7 heteroatoms. The van der Waals surface area contributed by atoms with Crippen molar-refractivity contribution in [1.29, 1.82) is 0 Å². The number of rotatable bonds is 1. The SMILES string of the molecule is Cc1c(C(=O)N2CCN3CCNC(=O)C3C2)n(C)c2ccc(F)cc12. The molecule has 0 bridgehead atoms. The number of carbonyl (C=O) groups excluding carboxylic acids is 2. The molecule has 0 aliphatic carbocycles. The van der Waals surface area contributed by atoms with Gasteiger partial charge in [-0.1, -0.05) is 0 Å². The van der Waals surface area contributed by atoms with Crippen molar-refractivity contribution in [2.24, 2.45) is 7.05 Å². The van der Waals surface area contributed by atoms with Crippen molar-refractivity contribution in [3.05, 3.63) is 35.3 Å². The Balaban J connectivity index is 1.67. The molecule has 1 atom stereocenters. The van der Waals surface area contributed by atoms with Crippen LogP contribution in [-0.2, 0) is 11.8 Å². The Labute approximate surface area is 145 Å². The number of halogens is 1. The summed E-state index contributed by atoms with van der Waals surface area (Å²) in [5.41, 5.74) is 2.17. The van der Waals surface area contributed by atoms with Crippen molar-refractivity contribution in [3.8, 4) is 0 Å². The maximum Gasteiger partial charge on any atom is 0.270 e. The first-order valence-electron chi connectivity index (χ1n) is 8.53. The zero-order chi connectivity index (χ0) is 17.7. The molecule has 2 fully saturated rings. The second-order valence-corrected chi connectivity index (χ2v) is 6.79. The summed E-state index contributed by atoms with van der Waals surface area (Å²) in [7, 11) is 1.82. The van der Waals surface area contributed by atoms with E-state index in [4.69, 9.17) is 0 Å². The quantitative estimate of drug-likeness (QED) is 0.836. The van der Waals surface area contributed by atoms with Crippen LogP contribution in [0.4, 0.5) is 4.39 Å². The van der Waals surface area contributed by atoms with Crippen molar-refractivity contribution in [1.82, 2.24) is 19.7 Å². The summed E-state index contributed by atoms with van der Waals surface area (Å²) in [4.78, 5) is 29.1. The van der Waals surface area contributed by atoms with Gasteiger partial charge in [0.1, 0.15) is 17.6 Å². The van der Waals surface area contributed by atoms with E-state index >= 15 is 0 Å². The molecule has 4 rings (SSSR count). The summed E-state index contributed by atoms with van der Waals surface area (Å²) in [5.74, 6) is -0.429. The van der Waals surface area contributed by atoms with Crippen molar-refractivity contribution < 1.29 is 14.0 Å². The first-order valence-corrected chi connectivity index (χ1v) is 8.53. The lowest BCUT2D eigenvalue weighted by Gasteiger charge is -2.43. The number of amides is 2. The summed E-state index contributed by atoms with van der Waals surface area (Å²) < 4.78 is 15.4. The average molecular weight is 344 g/mol. The van der Waals surface area contributed by atoms with Crippen LogP contribution in [0.5, 0.6) is 0 Å². The summed E-state index contributed by atoms with van der Waals surface area (Å²) in [6.07, 6.45) is 0. The molecule has 1 aromatic carbocycles. The third kappa shape index (κ3) is 2.50. The molecule has 0 spiro atoms. The van der Waals surface area contributed by atoms with Crippen molar-refractivity contribution in [2.45, 2.75) is 13.0 Å². The van der Waals surface area contributed by atoms with Gasteiger partial charge in [0.15, 0.2) is 0 Å². The number of carbonyl (C=O) groups is 2. The van der Waals surface area contributed by atoms with E-state index in [1.54, 1.807) is 11.0 Å². The Bertz CT molecular complexity index is 876. The molecule has 6 nitrogen and oxygen atoms in total. The third-order valence-electron chi connectivity index (χ3n) is 5.40. The van der Waals surface area contributed by atoms with Gasteiger partial charge in [-0.3, -0.25) is 14.5 Å². The van der Waals surface area contributed by atoms with Crippen LogP contribution in [0.2, 0.25) is 0 Å². The number of nitrogens with one attached hydrogen (secondary N) is 1. The number of piperazine rings is 2. The molecule has 2 aromatic rings. The number of benzene rings is 1. The van der Waals surface area contributed by atoms with Crippen LogP contribution in [0, 0.1) is 12.7 Å². The molecule has 25 heavy (non-hydrogen) atoms. The highest BCUT2D eigenvalue weighted by atomic mass is 19.1. The molecular weight excluding hydrogens is 323 g/mol. The first kappa shape index (κ1) is 16.1. The molecule has 1 aromatic heterocycles. The summed E-state index contributed by atoms with van der Waals surface area (Å²) in [6, 6.07) is 4.29. The van der Waals surface area contributed by atoms with E-state index in [9.17, 15) is 14.0 Å². The fraction of sp³-hybridized carbons (Fsp3) is 0.444. The van der Waals surface area contributed by atoms with E-state index in [-0.39, 0.29) is 23.7 Å². The summed E-state index contributed by atoms with van der Waals surface area (Å²) in [5, 5.41) is 3.62. The molecule has 3 heterocycles. The highest BCUT2D eigenvalue weighted by Gasteiger charge is 2.37. The number of hydrogen-bond acceptors (Lipinski definition) is 3. The van der Waals surface area contributed by atoms with E-state index in [0.717, 1.165) is 23.0 Å². The fourth-order valence-corrected chi connectivity index (χ4v) is 4.02. The lowest BCUT2D eigenvalue weighted by Crippen LogP contribution is -2.64. The van der Waals surface area contributed by atoms with Gasteiger partial charge >= 0.3 is 0 Å². The highest BCUT2D eigenvalue weighted by molar-refractivity contribution is 6.02. The molecule has 2 amide bonds. The molecular formula is C18H21FN4O2. The maximum atomic E-state index is 13.6. The van der Waals surface area contributed by atoms with Gasteiger partial charge in [-0.2, -0.15) is 0 Å². The van der Waals surface area contributed by atoms with Crippen LogP contribution >= 0.6 is 0 Å². The normalized spacial score (nSPS) is 21.3. The number of aromatic nitrogens is 1. The Morgan fingerprint density at radius 3 is 2.88 bits per heavy atom. The fourth-order valence-electron chi connectivity index (χ4n) is 4.02. The van der Waals surface area contributed by atoms with Gasteiger partial charge in [0.05, 0.1) is 0 Å². The monoisotopic (exact) mass is 344 g/mol. The minimum Gasteiger partial charge on any atom is -0.353 e. The lowest BCUT2D eigenvalue weighted by molar-refractivity contribution is -0.131. The average Bonchev–Trinajstić information content (AvgIpc) is 2.85. The first-order chi connectivity index (χ1) is 12.0. The van der Waals surface area contributed by atoms with Crippen LogP contribution in [0.25, 0.3) is 10.9 Å². The zero-order valence-electron chi connectivity index (χ0n) is 14.4. The number of fused-ring (bicyclic) bond motifs is 2. The van der Waals surface area contributed by atoms with Gasteiger partial charge < -0.3 is 14.8 Å². The Kier molecular flexibility index (Phi) is 3.76. The van der Waals surface area contributed by atoms with Crippen LogP contribution in [0.1, 0.15) is 16.1 Å². The van der Waals surface area contributed by atoms with E-state index < -0.39 is 0 Å². The molecule has 1 N–H and O–H groups in total. The topological polar surface area (TPSA) is 57.6 Å². The van der Waals surface area contributed by atoms with Gasteiger partial charge in [-0.15, -0.1) is 0 Å². The zero-order valence-corrected chi connectivity index (χ0v) is 14.4. The van der Waals surface area contributed by atoms with Gasteiger partial charge in [0.2, 0.25) is 5.91 Å². The van der Waals surface area contributed by atoms with Crippen molar-refractivity contribution >= 4 is 22.7 Å². The van der Waals surface area contributed by atoms with Crippen molar-refractivity contribution in [3.63, 3.8) is 0 Å². The molecule has 1 unspecified atom stereocenters.